The van der Waals surface area contributed by atoms with Crippen molar-refractivity contribution in [2.75, 3.05) is 5.32 Å². The lowest BCUT2D eigenvalue weighted by Crippen LogP contribution is -2.28. The van der Waals surface area contributed by atoms with Crippen LogP contribution in [0.3, 0.4) is 0 Å². The van der Waals surface area contributed by atoms with Crippen LogP contribution in [0.5, 0.6) is 0 Å². The molecule has 1 amide bonds. The van der Waals surface area contributed by atoms with Crippen LogP contribution in [0.15, 0.2) is 71.4 Å². The second-order valence-electron chi connectivity index (χ2n) is 9.63. The van der Waals surface area contributed by atoms with E-state index in [1.807, 2.05) is 32.0 Å². The fraction of sp³-hybridized carbons (Fsp3) is 0.233. The molecule has 0 bridgehead atoms. The molecule has 1 aliphatic carbocycles. The second kappa shape index (κ2) is 10.1. The highest BCUT2D eigenvalue weighted by molar-refractivity contribution is 7.07. The molecule has 190 valence electrons. The molecule has 1 atom stereocenters. The average molecular weight is 521 g/mol. The summed E-state index contributed by atoms with van der Waals surface area (Å²) in [6.07, 6.45) is -2.57. The molecular weight excluding hydrogens is 493 g/mol. The van der Waals surface area contributed by atoms with Crippen LogP contribution in [0.2, 0.25) is 0 Å². The van der Waals surface area contributed by atoms with Crippen LogP contribution < -0.4 is 10.6 Å². The molecule has 3 nitrogen and oxygen atoms in total. The number of benzene rings is 3. The molecule has 0 fully saturated rings. The molecule has 0 radical (unpaired) electrons. The summed E-state index contributed by atoms with van der Waals surface area (Å²) in [7, 11) is 0. The molecule has 0 spiro atoms. The molecule has 0 aliphatic heterocycles. The number of amides is 1. The van der Waals surface area contributed by atoms with Crippen molar-refractivity contribution in [3.63, 3.8) is 0 Å². The monoisotopic (exact) mass is 520 g/mol. The third-order valence-electron chi connectivity index (χ3n) is 6.80. The first-order valence-corrected chi connectivity index (χ1v) is 13.1. The van der Waals surface area contributed by atoms with Crippen LogP contribution in [-0.2, 0) is 25.6 Å². The van der Waals surface area contributed by atoms with Crippen LogP contribution in [0.1, 0.15) is 43.7 Å². The summed E-state index contributed by atoms with van der Waals surface area (Å²) in [5.41, 5.74) is 7.15. The number of hydrogen-bond donors (Lipinski definition) is 2. The van der Waals surface area contributed by atoms with Gasteiger partial charge in [-0.25, -0.2) is 0 Å². The van der Waals surface area contributed by atoms with Crippen molar-refractivity contribution in [2.24, 2.45) is 0 Å². The van der Waals surface area contributed by atoms with Crippen molar-refractivity contribution in [1.82, 2.24) is 5.32 Å². The van der Waals surface area contributed by atoms with E-state index < -0.39 is 11.7 Å². The van der Waals surface area contributed by atoms with Crippen LogP contribution in [0.4, 0.5) is 18.9 Å². The van der Waals surface area contributed by atoms with Gasteiger partial charge in [-0.1, -0.05) is 29.8 Å². The van der Waals surface area contributed by atoms with Gasteiger partial charge in [-0.2, -0.15) is 24.5 Å². The van der Waals surface area contributed by atoms with E-state index in [1.165, 1.54) is 28.8 Å². The number of rotatable bonds is 6. The minimum atomic E-state index is -4.41. The summed E-state index contributed by atoms with van der Waals surface area (Å²) in [6.45, 7) is 4.61. The maximum absolute atomic E-state index is 13.4. The van der Waals surface area contributed by atoms with E-state index in [0.717, 1.165) is 42.6 Å². The summed E-state index contributed by atoms with van der Waals surface area (Å²) in [5.74, 6) is -0.285. The first-order chi connectivity index (χ1) is 17.7. The van der Waals surface area contributed by atoms with Crippen molar-refractivity contribution >= 4 is 22.9 Å². The smallest absolute Gasteiger partial charge is 0.322 e. The zero-order chi connectivity index (χ0) is 26.2. The molecule has 3 aromatic carbocycles. The van der Waals surface area contributed by atoms with Gasteiger partial charge >= 0.3 is 6.18 Å². The Bertz CT molecular complexity index is 1430. The maximum atomic E-state index is 13.4. The van der Waals surface area contributed by atoms with Crippen LogP contribution in [-0.4, -0.2) is 11.9 Å². The van der Waals surface area contributed by atoms with E-state index >= 15 is 0 Å². The number of thiophene rings is 1. The predicted octanol–water partition coefficient (Wildman–Crippen LogP) is 7.56. The number of alkyl halides is 3. The van der Waals surface area contributed by atoms with Crippen molar-refractivity contribution in [3.8, 4) is 11.1 Å². The summed E-state index contributed by atoms with van der Waals surface area (Å²) in [6, 6.07) is 17.2. The molecular formula is C30H27F3N2OS. The number of nitrogens with one attached hydrogen (secondary N) is 2. The van der Waals surface area contributed by atoms with Crippen LogP contribution in [0.25, 0.3) is 11.1 Å². The van der Waals surface area contributed by atoms with Crippen molar-refractivity contribution < 1.29 is 18.0 Å². The molecule has 37 heavy (non-hydrogen) atoms. The van der Waals surface area contributed by atoms with Gasteiger partial charge in [-0.05, 0) is 107 Å². The molecule has 1 aromatic heterocycles. The van der Waals surface area contributed by atoms with E-state index in [2.05, 4.69) is 33.5 Å². The molecule has 7 heteroatoms. The fourth-order valence-corrected chi connectivity index (χ4v) is 5.72. The van der Waals surface area contributed by atoms with Gasteiger partial charge in [-0.3, -0.25) is 4.79 Å². The largest absolute Gasteiger partial charge is 0.416 e. The first-order valence-electron chi connectivity index (χ1n) is 12.1. The number of hydrogen-bond acceptors (Lipinski definition) is 3. The molecule has 5 rings (SSSR count). The normalized spacial score (nSPS) is 15.0. The summed E-state index contributed by atoms with van der Waals surface area (Å²) in [4.78, 5) is 13.4. The van der Waals surface area contributed by atoms with Gasteiger partial charge in [-0.15, -0.1) is 0 Å². The molecule has 0 saturated heterocycles. The zero-order valence-electron chi connectivity index (χ0n) is 20.6. The Morgan fingerprint density at radius 3 is 2.43 bits per heavy atom. The Hall–Kier alpha value is -3.42. The van der Waals surface area contributed by atoms with Gasteiger partial charge in [0, 0.05) is 23.8 Å². The van der Waals surface area contributed by atoms with Gasteiger partial charge in [0.1, 0.15) is 0 Å². The van der Waals surface area contributed by atoms with Crippen molar-refractivity contribution in [3.05, 3.63) is 110 Å². The number of carbonyl (C=O) groups excluding carboxylic acids is 1. The highest BCUT2D eigenvalue weighted by Gasteiger charge is 2.30. The number of fused-ring (bicyclic) bond motifs is 1. The Morgan fingerprint density at radius 2 is 1.73 bits per heavy atom. The molecule has 0 saturated carbocycles. The maximum Gasteiger partial charge on any atom is 0.416 e. The van der Waals surface area contributed by atoms with Crippen molar-refractivity contribution in [1.29, 1.82) is 0 Å². The Morgan fingerprint density at radius 1 is 0.973 bits per heavy atom. The molecule has 4 aromatic rings. The Labute approximate surface area is 218 Å². The van der Waals surface area contributed by atoms with Gasteiger partial charge in [0.15, 0.2) is 0 Å². The zero-order valence-corrected chi connectivity index (χ0v) is 21.4. The Balaban J connectivity index is 1.35. The number of halogens is 3. The third kappa shape index (κ3) is 5.63. The van der Waals surface area contributed by atoms with Gasteiger partial charge in [0.25, 0.3) is 5.91 Å². The standard InChI is InChI=1S/C30H27F3N2OS/c1-18-11-19(2)28(21-3-6-24(7-4-21)30(31,32)33)27(12-18)29(36)35-25-8-5-22-13-26(15-23(22)14-25)34-16-20-9-10-37-17-20/h3-12,14,17,26,34H,13,15-16H2,1-2H3,(H,35,36). The van der Waals surface area contributed by atoms with Crippen LogP contribution in [0, 0.1) is 13.8 Å². The summed E-state index contributed by atoms with van der Waals surface area (Å²) in [5, 5.41) is 10.9. The quantitative estimate of drug-likeness (QED) is 0.275. The highest BCUT2D eigenvalue weighted by atomic mass is 32.1. The number of aryl methyl sites for hydroxylation is 2. The summed E-state index contributed by atoms with van der Waals surface area (Å²) < 4.78 is 39.2. The van der Waals surface area contributed by atoms with Gasteiger partial charge in [0.05, 0.1) is 5.56 Å². The molecule has 1 aliphatic rings. The molecule has 1 unspecified atom stereocenters. The van der Waals surface area contributed by atoms with Crippen LogP contribution >= 0.6 is 11.3 Å². The van der Waals surface area contributed by atoms with E-state index in [1.54, 1.807) is 17.4 Å². The SMILES string of the molecule is Cc1cc(C)c(-c2ccc(C(F)(F)F)cc2)c(C(=O)Nc2ccc3c(c2)CC(NCc2ccsc2)C3)c1. The van der Waals surface area contributed by atoms with E-state index in [-0.39, 0.29) is 5.91 Å². The lowest BCUT2D eigenvalue weighted by atomic mass is 9.92. The average Bonchev–Trinajstić information content (AvgIpc) is 3.51. The summed E-state index contributed by atoms with van der Waals surface area (Å²) >= 11 is 1.69. The molecule has 2 N–H and O–H groups in total. The van der Waals surface area contributed by atoms with Gasteiger partial charge < -0.3 is 10.6 Å². The van der Waals surface area contributed by atoms with Crippen molar-refractivity contribution in [2.45, 2.75) is 45.5 Å². The lowest BCUT2D eigenvalue weighted by Gasteiger charge is -2.16. The Kier molecular flexibility index (Phi) is 6.92. The first kappa shape index (κ1) is 25.2. The van der Waals surface area contributed by atoms with Gasteiger partial charge in [0.2, 0.25) is 0 Å². The fourth-order valence-electron chi connectivity index (χ4n) is 5.05. The number of anilines is 1. The number of carbonyl (C=O) groups is 1. The lowest BCUT2D eigenvalue weighted by molar-refractivity contribution is -0.137. The minimum Gasteiger partial charge on any atom is -0.322 e. The topological polar surface area (TPSA) is 41.1 Å². The van der Waals surface area contributed by atoms with E-state index in [0.29, 0.717) is 28.4 Å². The predicted molar refractivity (Wildman–Crippen MR) is 143 cm³/mol. The van der Waals surface area contributed by atoms with E-state index in [4.69, 9.17) is 0 Å². The molecule has 1 heterocycles. The minimum absolute atomic E-state index is 0.285. The third-order valence-corrected chi connectivity index (χ3v) is 7.53. The second-order valence-corrected chi connectivity index (χ2v) is 10.4. The van der Waals surface area contributed by atoms with E-state index in [9.17, 15) is 18.0 Å². The highest BCUT2D eigenvalue weighted by Crippen LogP contribution is 2.34.